The molecule has 0 amide bonds. The average Bonchev–Trinajstić information content (AvgIpc) is 3.10. The molecule has 3 aromatic rings. The molecule has 0 bridgehead atoms. The Hall–Kier alpha value is -2.54. The van der Waals surface area contributed by atoms with Gasteiger partial charge < -0.3 is 9.72 Å². The van der Waals surface area contributed by atoms with Crippen molar-refractivity contribution in [1.29, 1.82) is 0 Å². The number of hydrogen-bond acceptors (Lipinski definition) is 2. The molecule has 4 rings (SSSR count). The number of ether oxygens (including phenoxy) is 1. The maximum absolute atomic E-state index is 13.4. The van der Waals surface area contributed by atoms with Crippen LogP contribution < -0.4 is 4.74 Å². The van der Waals surface area contributed by atoms with E-state index in [9.17, 15) is 17.6 Å². The number of nitrogens with one attached hydrogen (secondary N) is 1. The zero-order chi connectivity index (χ0) is 20.4. The molecule has 0 aliphatic carbocycles. The largest absolute Gasteiger partial charge is 0.484 e. The number of halogens is 4. The van der Waals surface area contributed by atoms with Gasteiger partial charge in [0.1, 0.15) is 11.6 Å². The van der Waals surface area contributed by atoms with E-state index in [2.05, 4.69) is 9.88 Å². The van der Waals surface area contributed by atoms with E-state index in [0.717, 1.165) is 42.4 Å². The molecule has 2 heterocycles. The highest BCUT2D eigenvalue weighted by Gasteiger charge is 2.28. The summed E-state index contributed by atoms with van der Waals surface area (Å²) in [5.74, 6) is 0.398. The van der Waals surface area contributed by atoms with Crippen molar-refractivity contribution < 1.29 is 22.3 Å². The highest BCUT2D eigenvalue weighted by atomic mass is 19.4. The summed E-state index contributed by atoms with van der Waals surface area (Å²) in [6.07, 6.45) is -0.402. The Morgan fingerprint density at radius 3 is 2.62 bits per heavy atom. The predicted octanol–water partition coefficient (Wildman–Crippen LogP) is 5.63. The molecular formula is C22H22F4N2O. The van der Waals surface area contributed by atoms with E-state index >= 15 is 0 Å². The minimum Gasteiger partial charge on any atom is -0.484 e. The van der Waals surface area contributed by atoms with Gasteiger partial charge in [0, 0.05) is 23.6 Å². The topological polar surface area (TPSA) is 28.3 Å². The second-order valence-corrected chi connectivity index (χ2v) is 7.54. The summed E-state index contributed by atoms with van der Waals surface area (Å²) >= 11 is 0. The van der Waals surface area contributed by atoms with Crippen molar-refractivity contribution in [2.75, 3.05) is 19.7 Å². The lowest BCUT2D eigenvalue weighted by Crippen LogP contribution is -2.32. The number of aromatic amines is 1. The smallest absolute Gasteiger partial charge is 0.422 e. The average molecular weight is 406 g/mol. The quantitative estimate of drug-likeness (QED) is 0.557. The van der Waals surface area contributed by atoms with Crippen LogP contribution in [0.5, 0.6) is 5.75 Å². The summed E-state index contributed by atoms with van der Waals surface area (Å²) in [6.45, 7) is 1.18. The van der Waals surface area contributed by atoms with Crippen molar-refractivity contribution in [3.05, 3.63) is 65.6 Å². The van der Waals surface area contributed by atoms with Gasteiger partial charge in [-0.05, 0) is 73.3 Å². The molecule has 7 heteroatoms. The first kappa shape index (κ1) is 19.8. The number of aromatic nitrogens is 1. The summed E-state index contributed by atoms with van der Waals surface area (Å²) in [6, 6.07) is 11.7. The molecule has 1 aromatic heterocycles. The summed E-state index contributed by atoms with van der Waals surface area (Å²) in [5, 5.41) is 1.07. The Labute approximate surface area is 166 Å². The Balaban J connectivity index is 1.35. The van der Waals surface area contributed by atoms with Gasteiger partial charge in [-0.1, -0.05) is 12.1 Å². The second kappa shape index (κ2) is 8.06. The minimum absolute atomic E-state index is 0.237. The summed E-state index contributed by atoms with van der Waals surface area (Å²) < 4.78 is 55.2. The highest BCUT2D eigenvalue weighted by Crippen LogP contribution is 2.34. The van der Waals surface area contributed by atoms with E-state index in [1.807, 2.05) is 18.3 Å². The SMILES string of the molecule is Fc1ccc2c(C3CCN(Cc4cccc(OCC(F)(F)F)c4)CC3)c[nH]c2c1. The lowest BCUT2D eigenvalue weighted by atomic mass is 9.89. The van der Waals surface area contributed by atoms with Crippen LogP contribution in [0.4, 0.5) is 17.6 Å². The van der Waals surface area contributed by atoms with Crippen LogP contribution in [-0.4, -0.2) is 35.8 Å². The van der Waals surface area contributed by atoms with E-state index < -0.39 is 12.8 Å². The third kappa shape index (κ3) is 4.90. The number of H-pyrrole nitrogens is 1. The third-order valence-electron chi connectivity index (χ3n) is 5.41. The molecule has 2 aromatic carbocycles. The van der Waals surface area contributed by atoms with Gasteiger partial charge in [0.25, 0.3) is 0 Å². The zero-order valence-electron chi connectivity index (χ0n) is 15.8. The maximum Gasteiger partial charge on any atom is 0.422 e. The molecule has 0 saturated carbocycles. The predicted molar refractivity (Wildman–Crippen MR) is 104 cm³/mol. The monoisotopic (exact) mass is 406 g/mol. The molecule has 1 N–H and O–H groups in total. The lowest BCUT2D eigenvalue weighted by Gasteiger charge is -2.32. The van der Waals surface area contributed by atoms with Crippen molar-refractivity contribution in [3.63, 3.8) is 0 Å². The number of rotatable bonds is 5. The van der Waals surface area contributed by atoms with Crippen LogP contribution in [0.1, 0.15) is 29.9 Å². The Morgan fingerprint density at radius 2 is 1.86 bits per heavy atom. The van der Waals surface area contributed by atoms with Crippen molar-refractivity contribution >= 4 is 10.9 Å². The first-order valence-electron chi connectivity index (χ1n) is 9.65. The Morgan fingerprint density at radius 1 is 1.07 bits per heavy atom. The van der Waals surface area contributed by atoms with Gasteiger partial charge in [-0.3, -0.25) is 4.90 Å². The van der Waals surface area contributed by atoms with E-state index in [1.54, 1.807) is 18.2 Å². The normalized spacial score (nSPS) is 16.4. The zero-order valence-corrected chi connectivity index (χ0v) is 15.8. The summed E-state index contributed by atoms with van der Waals surface area (Å²) in [4.78, 5) is 5.46. The standard InChI is InChI=1S/C22H22F4N2O/c23-17-4-5-19-20(12-27-21(19)11-17)16-6-8-28(9-7-16)13-15-2-1-3-18(10-15)29-14-22(24,25)26/h1-5,10-12,16,27H,6-9,13-14H2. The molecule has 29 heavy (non-hydrogen) atoms. The molecule has 1 saturated heterocycles. The molecule has 1 aliphatic rings. The van der Waals surface area contributed by atoms with Crippen LogP contribution in [0.15, 0.2) is 48.7 Å². The van der Waals surface area contributed by atoms with Crippen molar-refractivity contribution in [2.24, 2.45) is 0 Å². The van der Waals surface area contributed by atoms with E-state index in [4.69, 9.17) is 4.74 Å². The van der Waals surface area contributed by atoms with Crippen LogP contribution in [0.3, 0.4) is 0 Å². The van der Waals surface area contributed by atoms with Crippen LogP contribution in [-0.2, 0) is 6.54 Å². The third-order valence-corrected chi connectivity index (χ3v) is 5.41. The highest BCUT2D eigenvalue weighted by molar-refractivity contribution is 5.83. The number of likely N-dealkylation sites (tertiary alicyclic amines) is 1. The number of nitrogens with zero attached hydrogens (tertiary/aromatic N) is 1. The van der Waals surface area contributed by atoms with Gasteiger partial charge in [-0.25, -0.2) is 4.39 Å². The van der Waals surface area contributed by atoms with E-state index in [1.165, 1.54) is 17.7 Å². The van der Waals surface area contributed by atoms with Gasteiger partial charge in [0.15, 0.2) is 6.61 Å². The van der Waals surface area contributed by atoms with Crippen LogP contribution in [0.2, 0.25) is 0 Å². The van der Waals surface area contributed by atoms with Crippen LogP contribution in [0, 0.1) is 5.82 Å². The molecular weight excluding hydrogens is 384 g/mol. The summed E-state index contributed by atoms with van der Waals surface area (Å²) in [7, 11) is 0. The fourth-order valence-corrected chi connectivity index (χ4v) is 4.02. The fraction of sp³-hybridized carbons (Fsp3) is 0.364. The number of piperidine rings is 1. The Bertz CT molecular complexity index is 974. The minimum atomic E-state index is -4.34. The van der Waals surface area contributed by atoms with Crippen LogP contribution in [0.25, 0.3) is 10.9 Å². The number of fused-ring (bicyclic) bond motifs is 1. The molecule has 0 spiro atoms. The first-order valence-corrected chi connectivity index (χ1v) is 9.65. The molecule has 154 valence electrons. The lowest BCUT2D eigenvalue weighted by molar-refractivity contribution is -0.153. The second-order valence-electron chi connectivity index (χ2n) is 7.54. The van der Waals surface area contributed by atoms with Gasteiger partial charge >= 0.3 is 6.18 Å². The number of benzene rings is 2. The fourth-order valence-electron chi connectivity index (χ4n) is 4.02. The summed E-state index contributed by atoms with van der Waals surface area (Å²) in [5.41, 5.74) is 2.98. The Kier molecular flexibility index (Phi) is 5.50. The van der Waals surface area contributed by atoms with Crippen LogP contribution >= 0.6 is 0 Å². The van der Waals surface area contributed by atoms with Gasteiger partial charge in [-0.2, -0.15) is 13.2 Å². The molecule has 1 fully saturated rings. The van der Waals surface area contributed by atoms with Gasteiger partial charge in [0.2, 0.25) is 0 Å². The van der Waals surface area contributed by atoms with Gasteiger partial charge in [-0.15, -0.1) is 0 Å². The number of hydrogen-bond donors (Lipinski definition) is 1. The molecule has 0 atom stereocenters. The molecule has 0 radical (unpaired) electrons. The van der Waals surface area contributed by atoms with Crippen molar-refractivity contribution in [3.8, 4) is 5.75 Å². The van der Waals surface area contributed by atoms with E-state index in [-0.39, 0.29) is 11.6 Å². The first-order chi connectivity index (χ1) is 13.9. The van der Waals surface area contributed by atoms with Gasteiger partial charge in [0.05, 0.1) is 0 Å². The molecule has 1 aliphatic heterocycles. The maximum atomic E-state index is 13.4. The molecule has 0 unspecified atom stereocenters. The molecule has 3 nitrogen and oxygen atoms in total. The van der Waals surface area contributed by atoms with E-state index in [0.29, 0.717) is 12.5 Å². The number of alkyl halides is 3. The van der Waals surface area contributed by atoms with Crippen molar-refractivity contribution in [2.45, 2.75) is 31.5 Å². The van der Waals surface area contributed by atoms with Crippen molar-refractivity contribution in [1.82, 2.24) is 9.88 Å².